The highest BCUT2D eigenvalue weighted by molar-refractivity contribution is 7.91. The minimum atomic E-state index is -3.57. The largest absolute Gasteiger partial charge is 0.218 e. The van der Waals surface area contributed by atoms with Gasteiger partial charge in [-0.05, 0) is 50.1 Å². The smallest absolute Gasteiger partial charge is 0.208 e. The van der Waals surface area contributed by atoms with E-state index < -0.39 is 9.84 Å². The Balaban J connectivity index is 2.70. The van der Waals surface area contributed by atoms with E-state index in [0.717, 1.165) is 11.1 Å². The molecule has 0 radical (unpaired) electrons. The van der Waals surface area contributed by atoms with E-state index in [1.807, 2.05) is 19.9 Å². The van der Waals surface area contributed by atoms with Gasteiger partial charge in [-0.15, -0.1) is 0 Å². The molecule has 0 saturated carbocycles. The van der Waals surface area contributed by atoms with Crippen LogP contribution < -0.4 is 0 Å². The van der Waals surface area contributed by atoms with Gasteiger partial charge < -0.3 is 0 Å². The van der Waals surface area contributed by atoms with Crippen molar-refractivity contribution in [2.24, 2.45) is 0 Å². The molecule has 0 fully saturated rings. The number of rotatable bonds is 2. The third-order valence-corrected chi connectivity index (χ3v) is 5.61. The first kappa shape index (κ1) is 14.1. The lowest BCUT2D eigenvalue weighted by atomic mass is 10.1. The molecule has 0 bridgehead atoms. The van der Waals surface area contributed by atoms with E-state index in [4.69, 9.17) is 11.6 Å². The third-order valence-electron chi connectivity index (χ3n) is 3.23. The predicted molar refractivity (Wildman–Crippen MR) is 77.6 cm³/mol. The summed E-state index contributed by atoms with van der Waals surface area (Å²) < 4.78 is 25.3. The van der Waals surface area contributed by atoms with Crippen LogP contribution in [0, 0.1) is 20.8 Å². The van der Waals surface area contributed by atoms with Crippen molar-refractivity contribution in [2.75, 3.05) is 0 Å². The number of sulfone groups is 1. The van der Waals surface area contributed by atoms with E-state index >= 15 is 0 Å². The molecule has 0 aliphatic rings. The number of benzene rings is 2. The number of hydrogen-bond acceptors (Lipinski definition) is 2. The molecule has 2 rings (SSSR count). The van der Waals surface area contributed by atoms with Crippen LogP contribution in [0.2, 0.25) is 5.02 Å². The zero-order valence-electron chi connectivity index (χ0n) is 11.1. The van der Waals surface area contributed by atoms with Crippen molar-refractivity contribution >= 4 is 21.4 Å². The molecule has 0 amide bonds. The van der Waals surface area contributed by atoms with E-state index in [-0.39, 0.29) is 14.8 Å². The van der Waals surface area contributed by atoms with E-state index in [1.54, 1.807) is 37.3 Å². The van der Waals surface area contributed by atoms with Crippen LogP contribution in [-0.2, 0) is 9.84 Å². The fourth-order valence-electron chi connectivity index (χ4n) is 1.92. The Morgan fingerprint density at radius 3 is 2.05 bits per heavy atom. The highest BCUT2D eigenvalue weighted by Gasteiger charge is 2.23. The summed E-state index contributed by atoms with van der Waals surface area (Å²) in [5.74, 6) is 0. The van der Waals surface area contributed by atoms with E-state index in [1.165, 1.54) is 0 Å². The molecule has 0 aliphatic carbocycles. The summed E-state index contributed by atoms with van der Waals surface area (Å²) >= 11 is 6.09. The predicted octanol–water partition coefficient (Wildman–Crippen LogP) is 4.10. The number of halogens is 1. The highest BCUT2D eigenvalue weighted by atomic mass is 35.5. The van der Waals surface area contributed by atoms with Crippen LogP contribution in [0.3, 0.4) is 0 Å². The molecule has 0 spiro atoms. The van der Waals surface area contributed by atoms with Gasteiger partial charge in [0.15, 0.2) is 0 Å². The van der Waals surface area contributed by atoms with Crippen LogP contribution in [0.5, 0.6) is 0 Å². The summed E-state index contributed by atoms with van der Waals surface area (Å²) in [6, 6.07) is 10.3. The molecule has 0 saturated heterocycles. The second kappa shape index (κ2) is 4.99. The monoisotopic (exact) mass is 294 g/mol. The normalized spacial score (nSPS) is 11.6. The van der Waals surface area contributed by atoms with E-state index in [0.29, 0.717) is 5.56 Å². The quantitative estimate of drug-likeness (QED) is 0.836. The minimum absolute atomic E-state index is 0.206. The van der Waals surface area contributed by atoms with Gasteiger partial charge in [-0.25, -0.2) is 8.42 Å². The number of aryl methyl sites for hydroxylation is 2. The van der Waals surface area contributed by atoms with Crippen molar-refractivity contribution in [3.8, 4) is 0 Å². The topological polar surface area (TPSA) is 34.1 Å². The molecule has 4 heteroatoms. The van der Waals surface area contributed by atoms with Gasteiger partial charge in [-0.2, -0.15) is 0 Å². The zero-order valence-corrected chi connectivity index (χ0v) is 12.6. The van der Waals surface area contributed by atoms with Gasteiger partial charge in [-0.1, -0.05) is 35.4 Å². The van der Waals surface area contributed by atoms with E-state index in [2.05, 4.69) is 0 Å². The second-order valence-electron chi connectivity index (χ2n) is 4.63. The summed E-state index contributed by atoms with van der Waals surface area (Å²) in [5, 5.41) is 0.267. The third kappa shape index (κ3) is 2.53. The van der Waals surface area contributed by atoms with Gasteiger partial charge in [0.2, 0.25) is 9.84 Å². The van der Waals surface area contributed by atoms with E-state index in [9.17, 15) is 8.42 Å². The van der Waals surface area contributed by atoms with Crippen LogP contribution in [-0.4, -0.2) is 8.42 Å². The van der Waals surface area contributed by atoms with Crippen molar-refractivity contribution in [3.05, 3.63) is 58.1 Å². The molecule has 0 atom stereocenters. The fraction of sp³-hybridized carbons (Fsp3) is 0.200. The second-order valence-corrected chi connectivity index (χ2v) is 6.93. The Labute approximate surface area is 119 Å². The van der Waals surface area contributed by atoms with Crippen molar-refractivity contribution in [3.63, 3.8) is 0 Å². The molecular weight excluding hydrogens is 280 g/mol. The molecule has 2 aromatic rings. The first-order valence-corrected chi connectivity index (χ1v) is 7.77. The molecule has 19 heavy (non-hydrogen) atoms. The SMILES string of the molecule is Cc1ccc(S(=O)(=O)c2c(Cl)ccc(C)c2C)cc1. The summed E-state index contributed by atoms with van der Waals surface area (Å²) in [6.45, 7) is 5.57. The van der Waals surface area contributed by atoms with Gasteiger partial charge in [0, 0.05) is 0 Å². The van der Waals surface area contributed by atoms with Gasteiger partial charge in [0.05, 0.1) is 14.8 Å². The Hall–Kier alpha value is -1.32. The van der Waals surface area contributed by atoms with Gasteiger partial charge in [-0.3, -0.25) is 0 Å². The molecule has 0 heterocycles. The molecular formula is C15H15ClO2S. The van der Waals surface area contributed by atoms with Gasteiger partial charge in [0.25, 0.3) is 0 Å². The number of hydrogen-bond donors (Lipinski definition) is 0. The summed E-state index contributed by atoms with van der Waals surface area (Å²) in [5.41, 5.74) is 2.63. The molecule has 0 N–H and O–H groups in total. The van der Waals surface area contributed by atoms with Crippen molar-refractivity contribution in [2.45, 2.75) is 30.6 Å². The Kier molecular flexibility index (Phi) is 3.70. The molecule has 0 unspecified atom stereocenters. The molecule has 2 nitrogen and oxygen atoms in total. The molecule has 100 valence electrons. The maximum Gasteiger partial charge on any atom is 0.208 e. The van der Waals surface area contributed by atoms with Gasteiger partial charge in [0.1, 0.15) is 0 Å². The van der Waals surface area contributed by atoms with Crippen LogP contribution in [0.1, 0.15) is 16.7 Å². The Morgan fingerprint density at radius 1 is 0.895 bits per heavy atom. The molecule has 0 aromatic heterocycles. The van der Waals surface area contributed by atoms with Crippen LogP contribution >= 0.6 is 11.6 Å². The summed E-state index contributed by atoms with van der Waals surface area (Å²) in [7, 11) is -3.57. The van der Waals surface area contributed by atoms with Gasteiger partial charge >= 0.3 is 0 Å². The van der Waals surface area contributed by atoms with Crippen molar-refractivity contribution < 1.29 is 8.42 Å². The first-order valence-electron chi connectivity index (χ1n) is 5.91. The summed E-state index contributed by atoms with van der Waals surface area (Å²) in [6.07, 6.45) is 0. The maximum absolute atomic E-state index is 12.7. The maximum atomic E-state index is 12.7. The fourth-order valence-corrected chi connectivity index (χ4v) is 4.05. The lowest BCUT2D eigenvalue weighted by molar-refractivity contribution is 0.595. The van der Waals surface area contributed by atoms with Crippen LogP contribution in [0.4, 0.5) is 0 Å². The standard InChI is InChI=1S/C15H15ClO2S/c1-10-4-7-13(8-5-10)19(17,18)15-12(3)11(2)6-9-14(15)16/h4-9H,1-3H3. The lowest BCUT2D eigenvalue weighted by Crippen LogP contribution is -2.06. The van der Waals surface area contributed by atoms with Crippen LogP contribution in [0.15, 0.2) is 46.2 Å². The Bertz CT molecular complexity index is 717. The molecule has 2 aromatic carbocycles. The van der Waals surface area contributed by atoms with Crippen molar-refractivity contribution in [1.29, 1.82) is 0 Å². The first-order chi connectivity index (χ1) is 8.84. The lowest BCUT2D eigenvalue weighted by Gasteiger charge is -2.12. The average molecular weight is 295 g/mol. The molecule has 0 aliphatic heterocycles. The average Bonchev–Trinajstić information content (AvgIpc) is 2.34. The Morgan fingerprint density at radius 2 is 1.47 bits per heavy atom. The zero-order chi connectivity index (χ0) is 14.2. The minimum Gasteiger partial charge on any atom is -0.218 e. The summed E-state index contributed by atoms with van der Waals surface area (Å²) in [4.78, 5) is 0.478. The highest BCUT2D eigenvalue weighted by Crippen LogP contribution is 2.32. The van der Waals surface area contributed by atoms with Crippen molar-refractivity contribution in [1.82, 2.24) is 0 Å². The van der Waals surface area contributed by atoms with Crippen LogP contribution in [0.25, 0.3) is 0 Å².